The van der Waals surface area contributed by atoms with E-state index in [1.807, 2.05) is 68.7 Å². The molecule has 1 unspecified atom stereocenters. The molecule has 0 aliphatic rings. The third kappa shape index (κ3) is 5.70. The van der Waals surface area contributed by atoms with Crippen LogP contribution in [-0.4, -0.2) is 43.2 Å². The summed E-state index contributed by atoms with van der Waals surface area (Å²) in [5, 5.41) is 9.55. The highest BCUT2D eigenvalue weighted by molar-refractivity contribution is 5.76. The molecule has 0 aromatic heterocycles. The van der Waals surface area contributed by atoms with Crippen LogP contribution in [0.25, 0.3) is 0 Å². The molecular formula is C20H25NO3. The van der Waals surface area contributed by atoms with Gasteiger partial charge in [-0.1, -0.05) is 42.5 Å². The van der Waals surface area contributed by atoms with Crippen LogP contribution in [0.3, 0.4) is 0 Å². The molecule has 0 saturated carbocycles. The molecule has 0 saturated heterocycles. The number of hydrogen-bond acceptors (Lipinski definition) is 3. The molecule has 2 aromatic rings. The van der Waals surface area contributed by atoms with Crippen molar-refractivity contribution in [3.05, 3.63) is 65.7 Å². The highest BCUT2D eigenvalue weighted by atomic mass is 16.5. The van der Waals surface area contributed by atoms with E-state index in [4.69, 9.17) is 4.74 Å². The van der Waals surface area contributed by atoms with Gasteiger partial charge >= 0.3 is 5.97 Å². The first-order chi connectivity index (χ1) is 11.6. The van der Waals surface area contributed by atoms with Crippen LogP contribution >= 0.6 is 0 Å². The van der Waals surface area contributed by atoms with Crippen molar-refractivity contribution in [3.8, 4) is 5.75 Å². The van der Waals surface area contributed by atoms with Crippen molar-refractivity contribution in [2.45, 2.75) is 18.8 Å². The van der Waals surface area contributed by atoms with Gasteiger partial charge in [-0.2, -0.15) is 0 Å². The summed E-state index contributed by atoms with van der Waals surface area (Å²) >= 11 is 0. The Bertz CT molecular complexity index is 640. The van der Waals surface area contributed by atoms with Gasteiger partial charge in [0.2, 0.25) is 0 Å². The molecular weight excluding hydrogens is 302 g/mol. The summed E-state index contributed by atoms with van der Waals surface area (Å²) in [6.45, 7) is 1.64. The molecule has 24 heavy (non-hydrogen) atoms. The second-order valence-electron chi connectivity index (χ2n) is 6.16. The Morgan fingerprint density at radius 2 is 1.88 bits per heavy atom. The van der Waals surface area contributed by atoms with Crippen molar-refractivity contribution in [2.75, 3.05) is 27.2 Å². The summed E-state index contributed by atoms with van der Waals surface area (Å²) in [6, 6.07) is 17.1. The monoisotopic (exact) mass is 327 g/mol. The maximum atomic E-state index is 11.6. The number of carboxylic acid groups (broad SMARTS) is 1. The van der Waals surface area contributed by atoms with E-state index in [0.29, 0.717) is 13.0 Å². The van der Waals surface area contributed by atoms with Crippen molar-refractivity contribution in [1.82, 2.24) is 4.90 Å². The number of aliphatic carboxylic acids is 1. The minimum absolute atomic E-state index is 0.453. The number of hydrogen-bond donors (Lipinski definition) is 1. The zero-order valence-electron chi connectivity index (χ0n) is 14.3. The largest absolute Gasteiger partial charge is 0.494 e. The summed E-state index contributed by atoms with van der Waals surface area (Å²) < 4.78 is 5.77. The van der Waals surface area contributed by atoms with Gasteiger partial charge in [0.1, 0.15) is 5.75 Å². The predicted octanol–water partition coefficient (Wildman–Crippen LogP) is 3.43. The van der Waals surface area contributed by atoms with Gasteiger partial charge in [-0.25, -0.2) is 0 Å². The lowest BCUT2D eigenvalue weighted by molar-refractivity contribution is -0.138. The van der Waals surface area contributed by atoms with E-state index < -0.39 is 11.9 Å². The van der Waals surface area contributed by atoms with Crippen molar-refractivity contribution >= 4 is 5.97 Å². The molecule has 0 heterocycles. The Morgan fingerprint density at radius 3 is 2.54 bits per heavy atom. The molecule has 4 nitrogen and oxygen atoms in total. The summed E-state index contributed by atoms with van der Waals surface area (Å²) in [5.41, 5.74) is 1.79. The molecule has 1 N–H and O–H groups in total. The third-order valence-corrected chi connectivity index (χ3v) is 3.86. The zero-order chi connectivity index (χ0) is 17.4. The Labute approximate surface area is 143 Å². The molecule has 0 aliphatic carbocycles. The second kappa shape index (κ2) is 9.08. The highest BCUT2D eigenvalue weighted by Crippen LogP contribution is 2.23. The van der Waals surface area contributed by atoms with E-state index in [2.05, 4.69) is 4.90 Å². The second-order valence-corrected chi connectivity index (χ2v) is 6.16. The van der Waals surface area contributed by atoms with Gasteiger partial charge in [-0.05, 0) is 50.2 Å². The van der Waals surface area contributed by atoms with Crippen LogP contribution in [0.15, 0.2) is 54.6 Å². The molecule has 0 aliphatic heterocycles. The SMILES string of the molecule is CN(C)CCCOc1cccc(CC(C(=O)O)c2ccccc2)c1. The van der Waals surface area contributed by atoms with Gasteiger partial charge < -0.3 is 14.7 Å². The molecule has 0 amide bonds. The van der Waals surface area contributed by atoms with Crippen LogP contribution in [0.4, 0.5) is 0 Å². The molecule has 0 fully saturated rings. The molecule has 4 heteroatoms. The van der Waals surface area contributed by atoms with E-state index in [1.54, 1.807) is 0 Å². The number of nitrogens with zero attached hydrogens (tertiary/aromatic N) is 1. The van der Waals surface area contributed by atoms with E-state index in [1.165, 1.54) is 0 Å². The smallest absolute Gasteiger partial charge is 0.311 e. The number of rotatable bonds is 9. The quantitative estimate of drug-likeness (QED) is 0.717. The minimum atomic E-state index is -0.807. The van der Waals surface area contributed by atoms with Crippen molar-refractivity contribution in [2.24, 2.45) is 0 Å². The number of ether oxygens (including phenoxy) is 1. The summed E-state index contributed by atoms with van der Waals surface area (Å²) in [5.74, 6) is -0.558. The number of carboxylic acids is 1. The van der Waals surface area contributed by atoms with Gasteiger partial charge in [-0.3, -0.25) is 4.79 Å². The topological polar surface area (TPSA) is 49.8 Å². The molecule has 2 rings (SSSR count). The lowest BCUT2D eigenvalue weighted by Gasteiger charge is -2.14. The van der Waals surface area contributed by atoms with Crippen LogP contribution < -0.4 is 4.74 Å². The Kier molecular flexibility index (Phi) is 6.82. The normalized spacial score (nSPS) is 12.1. The maximum absolute atomic E-state index is 11.6. The van der Waals surface area contributed by atoms with Crippen molar-refractivity contribution in [1.29, 1.82) is 0 Å². The average molecular weight is 327 g/mol. The predicted molar refractivity (Wildman–Crippen MR) is 95.6 cm³/mol. The molecule has 0 spiro atoms. The summed E-state index contributed by atoms with van der Waals surface area (Å²) in [6.07, 6.45) is 1.41. The Hall–Kier alpha value is -2.33. The van der Waals surface area contributed by atoms with Crippen LogP contribution in [0.1, 0.15) is 23.5 Å². The molecule has 0 bridgehead atoms. The van der Waals surface area contributed by atoms with Crippen molar-refractivity contribution < 1.29 is 14.6 Å². The lowest BCUT2D eigenvalue weighted by Crippen LogP contribution is -2.16. The molecule has 2 aromatic carbocycles. The number of carbonyl (C=O) groups is 1. The fraction of sp³-hybridized carbons (Fsp3) is 0.350. The summed E-state index contributed by atoms with van der Waals surface area (Å²) in [7, 11) is 4.08. The Balaban J connectivity index is 2.00. The van der Waals surface area contributed by atoms with Gasteiger partial charge in [0.25, 0.3) is 0 Å². The first-order valence-electron chi connectivity index (χ1n) is 8.20. The number of benzene rings is 2. The first-order valence-corrected chi connectivity index (χ1v) is 8.20. The third-order valence-electron chi connectivity index (χ3n) is 3.86. The standard InChI is InChI=1S/C20H25NO3/c1-21(2)12-7-13-24-18-11-6-8-16(14-18)15-19(20(22)23)17-9-4-3-5-10-17/h3-6,8-11,14,19H,7,12-13,15H2,1-2H3,(H,22,23). The van der Waals surface area contributed by atoms with Gasteiger partial charge in [-0.15, -0.1) is 0 Å². The zero-order valence-corrected chi connectivity index (χ0v) is 14.3. The van der Waals surface area contributed by atoms with Gasteiger partial charge in [0, 0.05) is 6.54 Å². The van der Waals surface area contributed by atoms with Gasteiger partial charge in [0.05, 0.1) is 12.5 Å². The fourth-order valence-electron chi connectivity index (χ4n) is 2.60. The lowest BCUT2D eigenvalue weighted by atomic mass is 9.92. The van der Waals surface area contributed by atoms with Crippen molar-refractivity contribution in [3.63, 3.8) is 0 Å². The average Bonchev–Trinajstić information content (AvgIpc) is 2.57. The Morgan fingerprint density at radius 1 is 1.12 bits per heavy atom. The molecule has 1 atom stereocenters. The summed E-state index contributed by atoms with van der Waals surface area (Å²) in [4.78, 5) is 13.8. The fourth-order valence-corrected chi connectivity index (χ4v) is 2.60. The van der Waals surface area contributed by atoms with Crippen LogP contribution in [0.5, 0.6) is 5.75 Å². The first kappa shape index (κ1) is 18.0. The van der Waals surface area contributed by atoms with E-state index in [-0.39, 0.29) is 0 Å². The highest BCUT2D eigenvalue weighted by Gasteiger charge is 2.20. The van der Waals surface area contributed by atoms with E-state index in [9.17, 15) is 9.90 Å². The van der Waals surface area contributed by atoms with Crippen LogP contribution in [0, 0.1) is 0 Å². The molecule has 0 radical (unpaired) electrons. The molecule has 128 valence electrons. The minimum Gasteiger partial charge on any atom is -0.494 e. The van der Waals surface area contributed by atoms with Gasteiger partial charge in [0.15, 0.2) is 0 Å². The van der Waals surface area contributed by atoms with Crippen LogP contribution in [-0.2, 0) is 11.2 Å². The van der Waals surface area contributed by atoms with Crippen LogP contribution in [0.2, 0.25) is 0 Å². The van der Waals surface area contributed by atoms with E-state index in [0.717, 1.165) is 29.8 Å². The maximum Gasteiger partial charge on any atom is 0.311 e. The van der Waals surface area contributed by atoms with E-state index >= 15 is 0 Å².